The van der Waals surface area contributed by atoms with Crippen molar-refractivity contribution in [2.75, 3.05) is 0 Å². The quantitative estimate of drug-likeness (QED) is 0.488. The molecule has 4 rings (SSSR count). The fourth-order valence-corrected chi connectivity index (χ4v) is 2.44. The van der Waals surface area contributed by atoms with E-state index >= 15 is 0 Å². The molecule has 4 aromatic rings. The zero-order chi connectivity index (χ0) is 12.7. The topological polar surface area (TPSA) is 26.0 Å². The highest BCUT2D eigenvalue weighted by Crippen LogP contribution is 2.31. The molecule has 0 saturated carbocycles. The van der Waals surface area contributed by atoms with E-state index < -0.39 is 0 Å². The molecule has 0 radical (unpaired) electrons. The number of fused-ring (bicyclic) bond motifs is 3. The lowest BCUT2D eigenvalue weighted by Crippen LogP contribution is -1.78. The number of pyridine rings is 1. The van der Waals surface area contributed by atoms with Crippen molar-refractivity contribution in [1.29, 1.82) is 0 Å². The van der Waals surface area contributed by atoms with Crippen LogP contribution in [0.1, 0.15) is 0 Å². The second-order valence-corrected chi connectivity index (χ2v) is 4.55. The Kier molecular flexibility index (Phi) is 2.15. The van der Waals surface area contributed by atoms with Gasteiger partial charge in [0.2, 0.25) is 0 Å². The first-order chi connectivity index (χ1) is 9.42. The van der Waals surface area contributed by atoms with Gasteiger partial charge in [-0.25, -0.2) is 0 Å². The van der Waals surface area contributed by atoms with E-state index in [1.807, 2.05) is 30.5 Å². The van der Waals surface area contributed by atoms with E-state index in [0.717, 1.165) is 33.1 Å². The highest BCUT2D eigenvalue weighted by atomic mass is 16.3. The SMILES string of the molecule is c1cncc(-c2ccc3c(c2)oc2ccccc23)c1. The van der Waals surface area contributed by atoms with Crippen LogP contribution in [0.4, 0.5) is 0 Å². The van der Waals surface area contributed by atoms with Gasteiger partial charge in [-0.05, 0) is 29.8 Å². The summed E-state index contributed by atoms with van der Waals surface area (Å²) in [4.78, 5) is 4.15. The molecule has 19 heavy (non-hydrogen) atoms. The Bertz CT molecular complexity index is 862. The number of para-hydroxylation sites is 1. The number of furan rings is 1. The smallest absolute Gasteiger partial charge is 0.136 e. The van der Waals surface area contributed by atoms with Gasteiger partial charge in [0.25, 0.3) is 0 Å². The predicted octanol–water partition coefficient (Wildman–Crippen LogP) is 4.65. The fraction of sp³-hybridized carbons (Fsp3) is 0. The lowest BCUT2D eigenvalue weighted by molar-refractivity contribution is 0.669. The zero-order valence-corrected chi connectivity index (χ0v) is 10.2. The van der Waals surface area contributed by atoms with Crippen LogP contribution >= 0.6 is 0 Å². The molecule has 0 saturated heterocycles. The summed E-state index contributed by atoms with van der Waals surface area (Å²) in [5.74, 6) is 0. The first-order valence-corrected chi connectivity index (χ1v) is 6.23. The summed E-state index contributed by atoms with van der Waals surface area (Å²) in [5.41, 5.74) is 4.08. The van der Waals surface area contributed by atoms with Gasteiger partial charge < -0.3 is 4.42 Å². The van der Waals surface area contributed by atoms with Crippen molar-refractivity contribution in [1.82, 2.24) is 4.98 Å². The Hall–Kier alpha value is -2.61. The monoisotopic (exact) mass is 245 g/mol. The van der Waals surface area contributed by atoms with E-state index in [1.165, 1.54) is 0 Å². The highest BCUT2D eigenvalue weighted by Gasteiger charge is 2.07. The normalized spacial score (nSPS) is 11.2. The third-order valence-electron chi connectivity index (χ3n) is 3.37. The van der Waals surface area contributed by atoms with Crippen LogP contribution in [0.2, 0.25) is 0 Å². The largest absolute Gasteiger partial charge is 0.456 e. The van der Waals surface area contributed by atoms with E-state index in [2.05, 4.69) is 35.3 Å². The van der Waals surface area contributed by atoms with Crippen LogP contribution in [-0.4, -0.2) is 4.98 Å². The van der Waals surface area contributed by atoms with Gasteiger partial charge in [-0.3, -0.25) is 4.98 Å². The van der Waals surface area contributed by atoms with Gasteiger partial charge in [0, 0.05) is 28.7 Å². The third-order valence-corrected chi connectivity index (χ3v) is 3.37. The summed E-state index contributed by atoms with van der Waals surface area (Å²) in [6.45, 7) is 0. The minimum absolute atomic E-state index is 0.919. The number of rotatable bonds is 1. The molecule has 2 aromatic heterocycles. The van der Waals surface area contributed by atoms with E-state index in [0.29, 0.717) is 0 Å². The molecule has 0 N–H and O–H groups in total. The van der Waals surface area contributed by atoms with Gasteiger partial charge in [0.1, 0.15) is 11.2 Å². The molecule has 0 bridgehead atoms. The van der Waals surface area contributed by atoms with Crippen LogP contribution in [0.5, 0.6) is 0 Å². The average Bonchev–Trinajstić information content (AvgIpc) is 2.86. The van der Waals surface area contributed by atoms with Gasteiger partial charge in [0.05, 0.1) is 0 Å². The number of benzene rings is 2. The average molecular weight is 245 g/mol. The van der Waals surface area contributed by atoms with Crippen LogP contribution in [0.25, 0.3) is 33.1 Å². The zero-order valence-electron chi connectivity index (χ0n) is 10.2. The molecule has 0 amide bonds. The number of aromatic nitrogens is 1. The molecule has 0 aliphatic carbocycles. The van der Waals surface area contributed by atoms with Crippen LogP contribution in [0.15, 0.2) is 71.4 Å². The second kappa shape index (κ2) is 3.95. The molecule has 0 atom stereocenters. The molecule has 0 aliphatic rings. The number of hydrogen-bond acceptors (Lipinski definition) is 2. The highest BCUT2D eigenvalue weighted by molar-refractivity contribution is 6.05. The maximum absolute atomic E-state index is 5.89. The van der Waals surface area contributed by atoms with E-state index in [9.17, 15) is 0 Å². The predicted molar refractivity (Wildman–Crippen MR) is 77.0 cm³/mol. The number of nitrogens with zero attached hydrogens (tertiary/aromatic N) is 1. The summed E-state index contributed by atoms with van der Waals surface area (Å²) in [5, 5.41) is 2.32. The molecule has 2 heteroatoms. The van der Waals surface area contributed by atoms with Crippen molar-refractivity contribution < 1.29 is 4.42 Å². The maximum Gasteiger partial charge on any atom is 0.136 e. The molecule has 2 nitrogen and oxygen atoms in total. The van der Waals surface area contributed by atoms with E-state index in [-0.39, 0.29) is 0 Å². The molecule has 2 heterocycles. The van der Waals surface area contributed by atoms with Crippen LogP contribution in [0, 0.1) is 0 Å². The molecule has 0 aliphatic heterocycles. The van der Waals surface area contributed by atoms with E-state index in [4.69, 9.17) is 4.42 Å². The van der Waals surface area contributed by atoms with Crippen molar-refractivity contribution in [3.05, 3.63) is 67.0 Å². The summed E-state index contributed by atoms with van der Waals surface area (Å²) in [7, 11) is 0. The van der Waals surface area contributed by atoms with Gasteiger partial charge in [0.15, 0.2) is 0 Å². The Labute approximate surface area is 110 Å². The van der Waals surface area contributed by atoms with Crippen molar-refractivity contribution in [2.24, 2.45) is 0 Å². The molecule has 2 aromatic carbocycles. The Balaban J connectivity index is 1.99. The lowest BCUT2D eigenvalue weighted by atomic mass is 10.1. The van der Waals surface area contributed by atoms with Crippen LogP contribution in [0.3, 0.4) is 0 Å². The molecular formula is C17H11NO. The lowest BCUT2D eigenvalue weighted by Gasteiger charge is -1.99. The first-order valence-electron chi connectivity index (χ1n) is 6.23. The summed E-state index contributed by atoms with van der Waals surface area (Å²) in [6, 6.07) is 18.4. The van der Waals surface area contributed by atoms with Gasteiger partial charge in [-0.2, -0.15) is 0 Å². The minimum Gasteiger partial charge on any atom is -0.456 e. The third kappa shape index (κ3) is 1.61. The second-order valence-electron chi connectivity index (χ2n) is 4.55. The van der Waals surface area contributed by atoms with Gasteiger partial charge in [-0.15, -0.1) is 0 Å². The maximum atomic E-state index is 5.89. The van der Waals surface area contributed by atoms with Crippen molar-refractivity contribution in [2.45, 2.75) is 0 Å². The first kappa shape index (κ1) is 10.3. The van der Waals surface area contributed by atoms with Crippen LogP contribution in [-0.2, 0) is 0 Å². The Morgan fingerprint density at radius 2 is 1.63 bits per heavy atom. The molecule has 0 spiro atoms. The number of hydrogen-bond donors (Lipinski definition) is 0. The Morgan fingerprint density at radius 1 is 0.737 bits per heavy atom. The van der Waals surface area contributed by atoms with Crippen molar-refractivity contribution >= 4 is 21.9 Å². The summed E-state index contributed by atoms with van der Waals surface area (Å²) in [6.07, 6.45) is 3.65. The molecular weight excluding hydrogens is 234 g/mol. The summed E-state index contributed by atoms with van der Waals surface area (Å²) >= 11 is 0. The standard InChI is InChI=1S/C17H11NO/c1-2-6-16-14(5-1)15-8-7-12(10-17(15)19-16)13-4-3-9-18-11-13/h1-11H. The van der Waals surface area contributed by atoms with Gasteiger partial charge in [-0.1, -0.05) is 30.3 Å². The van der Waals surface area contributed by atoms with Crippen molar-refractivity contribution in [3.8, 4) is 11.1 Å². The molecule has 90 valence electrons. The molecule has 0 fully saturated rings. The van der Waals surface area contributed by atoms with Crippen LogP contribution < -0.4 is 0 Å². The van der Waals surface area contributed by atoms with E-state index in [1.54, 1.807) is 6.20 Å². The van der Waals surface area contributed by atoms with Crippen molar-refractivity contribution in [3.63, 3.8) is 0 Å². The summed E-state index contributed by atoms with van der Waals surface area (Å²) < 4.78 is 5.89. The van der Waals surface area contributed by atoms with Gasteiger partial charge >= 0.3 is 0 Å². The Morgan fingerprint density at radius 3 is 2.53 bits per heavy atom. The minimum atomic E-state index is 0.919. The fourth-order valence-electron chi connectivity index (χ4n) is 2.44. The molecule has 0 unspecified atom stereocenters.